The van der Waals surface area contributed by atoms with Gasteiger partial charge in [-0.15, -0.1) is 0 Å². The average molecular weight is 320 g/mol. The van der Waals surface area contributed by atoms with E-state index in [0.29, 0.717) is 0 Å². The summed E-state index contributed by atoms with van der Waals surface area (Å²) >= 11 is 0. The molecule has 0 saturated heterocycles. The maximum absolute atomic E-state index is 11.9. The SMILES string of the molecule is O=C1N=C(C=Cc2ccccc2)C(C(=O)O)C(c2ccccc2)N1. The van der Waals surface area contributed by atoms with Crippen LogP contribution in [0, 0.1) is 5.92 Å². The Kier molecular flexibility index (Phi) is 4.52. The highest BCUT2D eigenvalue weighted by Crippen LogP contribution is 2.27. The summed E-state index contributed by atoms with van der Waals surface area (Å²) in [4.78, 5) is 27.6. The number of nitrogens with one attached hydrogen (secondary N) is 1. The van der Waals surface area contributed by atoms with Gasteiger partial charge in [-0.2, -0.15) is 4.99 Å². The number of hydrogen-bond donors (Lipinski definition) is 2. The van der Waals surface area contributed by atoms with E-state index in [2.05, 4.69) is 10.3 Å². The lowest BCUT2D eigenvalue weighted by Crippen LogP contribution is -2.43. The van der Waals surface area contributed by atoms with Gasteiger partial charge in [0.05, 0.1) is 11.8 Å². The molecule has 0 bridgehead atoms. The Morgan fingerprint density at radius 1 is 1.00 bits per heavy atom. The van der Waals surface area contributed by atoms with Crippen molar-refractivity contribution in [2.24, 2.45) is 10.9 Å². The van der Waals surface area contributed by atoms with Gasteiger partial charge in [0.1, 0.15) is 5.92 Å². The molecule has 1 heterocycles. The number of carboxylic acid groups (broad SMARTS) is 1. The summed E-state index contributed by atoms with van der Waals surface area (Å²) in [6, 6.07) is 17.3. The van der Waals surface area contributed by atoms with Crippen LogP contribution >= 0.6 is 0 Å². The maximum Gasteiger partial charge on any atom is 0.341 e. The monoisotopic (exact) mass is 320 g/mol. The Labute approximate surface area is 139 Å². The second-order valence-electron chi connectivity index (χ2n) is 5.43. The van der Waals surface area contributed by atoms with Crippen molar-refractivity contribution in [2.45, 2.75) is 6.04 Å². The van der Waals surface area contributed by atoms with Crippen LogP contribution in [-0.2, 0) is 4.79 Å². The molecular formula is C19H16N2O3. The molecule has 24 heavy (non-hydrogen) atoms. The zero-order chi connectivity index (χ0) is 16.9. The van der Waals surface area contributed by atoms with Crippen LogP contribution in [0.5, 0.6) is 0 Å². The third-order valence-electron chi connectivity index (χ3n) is 3.83. The highest BCUT2D eigenvalue weighted by atomic mass is 16.4. The molecule has 1 aliphatic heterocycles. The normalized spacial score (nSPS) is 20.5. The van der Waals surface area contributed by atoms with Gasteiger partial charge >= 0.3 is 12.0 Å². The number of hydrogen-bond acceptors (Lipinski definition) is 2. The second kappa shape index (κ2) is 6.91. The summed E-state index contributed by atoms with van der Waals surface area (Å²) in [7, 11) is 0. The Morgan fingerprint density at radius 3 is 2.25 bits per heavy atom. The van der Waals surface area contributed by atoms with E-state index in [4.69, 9.17) is 0 Å². The number of carbonyl (C=O) groups excluding carboxylic acids is 1. The number of carbonyl (C=O) groups is 2. The van der Waals surface area contributed by atoms with Crippen molar-refractivity contribution in [3.8, 4) is 0 Å². The van der Waals surface area contributed by atoms with Gasteiger partial charge in [0, 0.05) is 0 Å². The number of carboxylic acids is 1. The minimum absolute atomic E-state index is 0.240. The van der Waals surface area contributed by atoms with E-state index in [-0.39, 0.29) is 5.71 Å². The van der Waals surface area contributed by atoms with Crippen LogP contribution in [0.1, 0.15) is 17.2 Å². The van der Waals surface area contributed by atoms with E-state index in [1.165, 1.54) is 0 Å². The van der Waals surface area contributed by atoms with Crippen LogP contribution in [0.4, 0.5) is 4.79 Å². The first-order valence-corrected chi connectivity index (χ1v) is 7.55. The van der Waals surface area contributed by atoms with Gasteiger partial charge in [-0.1, -0.05) is 66.7 Å². The number of rotatable bonds is 4. The Morgan fingerprint density at radius 2 is 1.62 bits per heavy atom. The van der Waals surface area contributed by atoms with E-state index in [9.17, 15) is 14.7 Å². The fourth-order valence-corrected chi connectivity index (χ4v) is 2.70. The molecule has 2 aromatic rings. The molecule has 0 fully saturated rings. The largest absolute Gasteiger partial charge is 0.481 e. The number of nitrogens with zero attached hydrogens (tertiary/aromatic N) is 1. The summed E-state index contributed by atoms with van der Waals surface area (Å²) in [5.74, 6) is -1.97. The smallest absolute Gasteiger partial charge is 0.341 e. The molecule has 2 N–H and O–H groups in total. The second-order valence-corrected chi connectivity index (χ2v) is 5.43. The van der Waals surface area contributed by atoms with Crippen molar-refractivity contribution in [3.05, 3.63) is 77.9 Å². The predicted molar refractivity (Wildman–Crippen MR) is 91.8 cm³/mol. The summed E-state index contributed by atoms with van der Waals surface area (Å²) in [6.07, 6.45) is 3.36. The first-order chi connectivity index (χ1) is 11.6. The molecule has 0 spiro atoms. The van der Waals surface area contributed by atoms with Crippen molar-refractivity contribution < 1.29 is 14.7 Å². The van der Waals surface area contributed by atoms with Gasteiger partial charge in [0.2, 0.25) is 0 Å². The molecule has 2 atom stereocenters. The first-order valence-electron chi connectivity index (χ1n) is 7.55. The minimum atomic E-state index is -1.03. The molecule has 3 rings (SSSR count). The highest BCUT2D eigenvalue weighted by Gasteiger charge is 2.37. The minimum Gasteiger partial charge on any atom is -0.481 e. The van der Waals surface area contributed by atoms with Crippen molar-refractivity contribution in [1.29, 1.82) is 0 Å². The topological polar surface area (TPSA) is 78.8 Å². The Balaban J connectivity index is 1.96. The van der Waals surface area contributed by atoms with Crippen molar-refractivity contribution in [3.63, 3.8) is 0 Å². The van der Waals surface area contributed by atoms with E-state index in [1.807, 2.05) is 48.5 Å². The quantitative estimate of drug-likeness (QED) is 0.907. The molecular weight excluding hydrogens is 304 g/mol. The molecule has 2 unspecified atom stereocenters. The molecule has 1 aliphatic rings. The lowest BCUT2D eigenvalue weighted by molar-refractivity contribution is -0.140. The van der Waals surface area contributed by atoms with Crippen LogP contribution in [0.15, 0.2) is 71.7 Å². The van der Waals surface area contributed by atoms with Crippen LogP contribution in [0.3, 0.4) is 0 Å². The van der Waals surface area contributed by atoms with Crippen molar-refractivity contribution in [1.82, 2.24) is 5.32 Å². The fraction of sp³-hybridized carbons (Fsp3) is 0.105. The lowest BCUT2D eigenvalue weighted by atomic mass is 9.87. The first kappa shape index (κ1) is 15.7. The van der Waals surface area contributed by atoms with Gasteiger partial charge in [-0.3, -0.25) is 4.79 Å². The van der Waals surface area contributed by atoms with E-state index < -0.39 is 24.0 Å². The van der Waals surface area contributed by atoms with E-state index >= 15 is 0 Å². The summed E-state index contributed by atoms with van der Waals surface area (Å²) in [5, 5.41) is 12.3. The number of aliphatic carboxylic acids is 1. The number of benzene rings is 2. The molecule has 0 aliphatic carbocycles. The number of amides is 2. The standard InChI is InChI=1S/C19H16N2O3/c22-18(23)16-15(12-11-13-7-3-1-4-8-13)20-19(24)21-17(16)14-9-5-2-6-10-14/h1-12,16-17H,(H,21,24)(H,22,23). The summed E-state index contributed by atoms with van der Waals surface area (Å²) < 4.78 is 0. The van der Waals surface area contributed by atoms with Crippen LogP contribution in [-0.4, -0.2) is 22.8 Å². The van der Waals surface area contributed by atoms with Gasteiger partial charge in [0.25, 0.3) is 0 Å². The summed E-state index contributed by atoms with van der Waals surface area (Å²) in [6.45, 7) is 0. The van der Waals surface area contributed by atoms with Crippen LogP contribution < -0.4 is 5.32 Å². The van der Waals surface area contributed by atoms with Crippen molar-refractivity contribution >= 4 is 23.8 Å². The van der Waals surface area contributed by atoms with Gasteiger partial charge < -0.3 is 10.4 Å². The van der Waals surface area contributed by atoms with Crippen molar-refractivity contribution in [2.75, 3.05) is 0 Å². The molecule has 2 aromatic carbocycles. The number of allylic oxidation sites excluding steroid dienone is 1. The zero-order valence-electron chi connectivity index (χ0n) is 12.8. The van der Waals surface area contributed by atoms with E-state index in [0.717, 1.165) is 11.1 Å². The molecule has 0 radical (unpaired) electrons. The molecule has 2 amide bonds. The summed E-state index contributed by atoms with van der Waals surface area (Å²) in [5.41, 5.74) is 1.88. The van der Waals surface area contributed by atoms with Gasteiger partial charge in [-0.05, 0) is 17.2 Å². The number of aliphatic imine (C=N–C) groups is 1. The Hall–Kier alpha value is -3.21. The third kappa shape index (κ3) is 3.41. The fourth-order valence-electron chi connectivity index (χ4n) is 2.70. The highest BCUT2D eigenvalue weighted by molar-refractivity contribution is 6.15. The van der Waals surface area contributed by atoms with Crippen LogP contribution in [0.25, 0.3) is 6.08 Å². The van der Waals surface area contributed by atoms with Gasteiger partial charge in [0.15, 0.2) is 0 Å². The molecule has 120 valence electrons. The molecule has 0 saturated carbocycles. The molecule has 0 aromatic heterocycles. The predicted octanol–water partition coefficient (Wildman–Crippen LogP) is 3.31. The number of urea groups is 1. The maximum atomic E-state index is 11.9. The Bertz CT molecular complexity index is 798. The molecule has 5 heteroatoms. The lowest BCUT2D eigenvalue weighted by Gasteiger charge is -2.28. The third-order valence-corrected chi connectivity index (χ3v) is 3.83. The molecule has 5 nitrogen and oxygen atoms in total. The average Bonchev–Trinajstić information content (AvgIpc) is 2.60. The van der Waals surface area contributed by atoms with Gasteiger partial charge in [-0.25, -0.2) is 4.79 Å². The van der Waals surface area contributed by atoms with E-state index in [1.54, 1.807) is 24.3 Å². The zero-order valence-corrected chi connectivity index (χ0v) is 12.8. The van der Waals surface area contributed by atoms with Crippen LogP contribution in [0.2, 0.25) is 0 Å².